The zero-order chi connectivity index (χ0) is 17.9. The molecule has 1 saturated heterocycles. The smallest absolute Gasteiger partial charge is 0.238 e. The molecule has 3 aromatic rings. The summed E-state index contributed by atoms with van der Waals surface area (Å²) in [6.45, 7) is 4.44. The van der Waals surface area contributed by atoms with E-state index in [0.717, 1.165) is 31.6 Å². The molecule has 134 valence electrons. The molecule has 1 amide bonds. The predicted octanol–water partition coefficient (Wildman–Crippen LogP) is 4.29. The maximum absolute atomic E-state index is 12.3. The average Bonchev–Trinajstić information content (AvgIpc) is 3.08. The molecule has 1 fully saturated rings. The Hall–Kier alpha value is -2.59. The Balaban J connectivity index is 1.32. The number of nitrogens with one attached hydrogen (secondary N) is 2. The summed E-state index contributed by atoms with van der Waals surface area (Å²) in [6, 6.07) is 16.4. The van der Waals surface area contributed by atoms with Gasteiger partial charge in [-0.3, -0.25) is 9.69 Å². The highest BCUT2D eigenvalue weighted by Crippen LogP contribution is 2.32. The van der Waals surface area contributed by atoms with Crippen LogP contribution in [0.5, 0.6) is 0 Å². The number of fused-ring (bicyclic) bond motifs is 1. The van der Waals surface area contributed by atoms with Gasteiger partial charge in [-0.15, -0.1) is 0 Å². The second-order valence-electron chi connectivity index (χ2n) is 7.25. The minimum absolute atomic E-state index is 0.0689. The van der Waals surface area contributed by atoms with Crippen molar-refractivity contribution in [1.82, 2.24) is 9.88 Å². The van der Waals surface area contributed by atoms with Gasteiger partial charge in [0.1, 0.15) is 0 Å². The maximum atomic E-state index is 12.3. The van der Waals surface area contributed by atoms with E-state index in [0.29, 0.717) is 12.5 Å². The number of aryl methyl sites for hydroxylation is 1. The largest absolute Gasteiger partial charge is 0.361 e. The number of likely N-dealkylation sites (tertiary alicyclic amines) is 1. The Labute approximate surface area is 154 Å². The highest BCUT2D eigenvalue weighted by molar-refractivity contribution is 5.92. The predicted molar refractivity (Wildman–Crippen MR) is 107 cm³/mol. The van der Waals surface area contributed by atoms with Crippen LogP contribution in [0.15, 0.2) is 54.7 Å². The van der Waals surface area contributed by atoms with Crippen LogP contribution in [0, 0.1) is 6.92 Å². The molecule has 1 aliphatic rings. The Bertz CT molecular complexity index is 889. The van der Waals surface area contributed by atoms with Crippen molar-refractivity contribution >= 4 is 22.5 Å². The molecule has 0 saturated carbocycles. The standard InChI is InChI=1S/C22H25N3O/c1-16-6-8-18(9-7-16)24-22(26)15-25-12-10-17(11-13-25)20-14-23-21-5-3-2-4-19(20)21/h2-9,14,17,23H,10-13,15H2,1H3,(H,24,26). The second kappa shape index (κ2) is 7.34. The van der Waals surface area contributed by atoms with Gasteiger partial charge in [-0.05, 0) is 62.5 Å². The third-order valence-electron chi connectivity index (χ3n) is 5.35. The van der Waals surface area contributed by atoms with Crippen LogP contribution in [0.2, 0.25) is 0 Å². The lowest BCUT2D eigenvalue weighted by Gasteiger charge is -2.31. The number of aromatic amines is 1. The van der Waals surface area contributed by atoms with E-state index in [2.05, 4.69) is 45.7 Å². The minimum Gasteiger partial charge on any atom is -0.361 e. The first-order valence-corrected chi connectivity index (χ1v) is 9.34. The summed E-state index contributed by atoms with van der Waals surface area (Å²) in [7, 11) is 0. The van der Waals surface area contributed by atoms with Crippen LogP contribution >= 0.6 is 0 Å². The second-order valence-corrected chi connectivity index (χ2v) is 7.25. The summed E-state index contributed by atoms with van der Waals surface area (Å²) in [6.07, 6.45) is 4.36. The fourth-order valence-corrected chi connectivity index (χ4v) is 3.87. The van der Waals surface area contributed by atoms with E-state index in [1.54, 1.807) is 0 Å². The Kier molecular flexibility index (Phi) is 4.76. The lowest BCUT2D eigenvalue weighted by molar-refractivity contribution is -0.117. The monoisotopic (exact) mass is 347 g/mol. The van der Waals surface area contributed by atoms with Crippen molar-refractivity contribution in [2.75, 3.05) is 25.0 Å². The maximum Gasteiger partial charge on any atom is 0.238 e. The van der Waals surface area contributed by atoms with Crippen molar-refractivity contribution in [3.63, 3.8) is 0 Å². The first-order chi connectivity index (χ1) is 12.7. The van der Waals surface area contributed by atoms with Gasteiger partial charge in [-0.1, -0.05) is 35.9 Å². The van der Waals surface area contributed by atoms with Crippen LogP contribution in [0.4, 0.5) is 5.69 Å². The number of nitrogens with zero attached hydrogens (tertiary/aromatic N) is 1. The van der Waals surface area contributed by atoms with Crippen molar-refractivity contribution in [2.45, 2.75) is 25.7 Å². The molecule has 26 heavy (non-hydrogen) atoms. The van der Waals surface area contributed by atoms with Crippen molar-refractivity contribution < 1.29 is 4.79 Å². The van der Waals surface area contributed by atoms with Crippen LogP contribution < -0.4 is 5.32 Å². The summed E-state index contributed by atoms with van der Waals surface area (Å²) >= 11 is 0. The average molecular weight is 347 g/mol. The normalized spacial score (nSPS) is 16.0. The molecular weight excluding hydrogens is 322 g/mol. The molecule has 1 aromatic heterocycles. The van der Waals surface area contributed by atoms with E-state index < -0.39 is 0 Å². The molecule has 0 radical (unpaired) electrons. The topological polar surface area (TPSA) is 48.1 Å². The molecule has 4 heteroatoms. The van der Waals surface area contributed by atoms with Gasteiger partial charge in [0.05, 0.1) is 6.54 Å². The van der Waals surface area contributed by atoms with Gasteiger partial charge in [0, 0.05) is 22.8 Å². The number of carbonyl (C=O) groups is 1. The molecular formula is C22H25N3O. The molecule has 0 aliphatic carbocycles. The Morgan fingerprint density at radius 3 is 2.62 bits per heavy atom. The number of aromatic nitrogens is 1. The first-order valence-electron chi connectivity index (χ1n) is 9.34. The van der Waals surface area contributed by atoms with Gasteiger partial charge in [-0.25, -0.2) is 0 Å². The van der Waals surface area contributed by atoms with Gasteiger partial charge in [0.2, 0.25) is 5.91 Å². The molecule has 2 N–H and O–H groups in total. The third-order valence-corrected chi connectivity index (χ3v) is 5.35. The van der Waals surface area contributed by atoms with Crippen molar-refractivity contribution in [3.05, 3.63) is 65.9 Å². The number of rotatable bonds is 4. The number of benzene rings is 2. The van der Waals surface area contributed by atoms with E-state index in [1.807, 2.05) is 31.2 Å². The lowest BCUT2D eigenvalue weighted by Crippen LogP contribution is -2.38. The summed E-state index contributed by atoms with van der Waals surface area (Å²) in [5.74, 6) is 0.641. The molecule has 2 heterocycles. The molecule has 0 bridgehead atoms. The van der Waals surface area contributed by atoms with Crippen LogP contribution in [0.1, 0.15) is 29.9 Å². The van der Waals surface area contributed by atoms with E-state index in [1.165, 1.54) is 22.0 Å². The van der Waals surface area contributed by atoms with Gasteiger partial charge in [-0.2, -0.15) is 0 Å². The zero-order valence-electron chi connectivity index (χ0n) is 15.2. The van der Waals surface area contributed by atoms with Crippen molar-refractivity contribution in [2.24, 2.45) is 0 Å². The van der Waals surface area contributed by atoms with Gasteiger partial charge >= 0.3 is 0 Å². The summed E-state index contributed by atoms with van der Waals surface area (Å²) in [5, 5.41) is 4.33. The number of anilines is 1. The van der Waals surface area contributed by atoms with Crippen LogP contribution in [0.25, 0.3) is 10.9 Å². The molecule has 4 nitrogen and oxygen atoms in total. The Morgan fingerprint density at radius 2 is 1.85 bits per heavy atom. The Morgan fingerprint density at radius 1 is 1.12 bits per heavy atom. The van der Waals surface area contributed by atoms with Crippen LogP contribution in [0.3, 0.4) is 0 Å². The van der Waals surface area contributed by atoms with E-state index in [4.69, 9.17) is 0 Å². The lowest BCUT2D eigenvalue weighted by atomic mass is 9.89. The molecule has 0 atom stereocenters. The number of para-hydroxylation sites is 1. The van der Waals surface area contributed by atoms with E-state index >= 15 is 0 Å². The molecule has 1 aliphatic heterocycles. The number of H-pyrrole nitrogens is 1. The highest BCUT2D eigenvalue weighted by atomic mass is 16.2. The summed E-state index contributed by atoms with van der Waals surface area (Å²) < 4.78 is 0. The van der Waals surface area contributed by atoms with Crippen LogP contribution in [-0.4, -0.2) is 35.4 Å². The molecule has 2 aromatic carbocycles. The quantitative estimate of drug-likeness (QED) is 0.739. The van der Waals surface area contributed by atoms with Gasteiger partial charge in [0.25, 0.3) is 0 Å². The summed E-state index contributed by atoms with van der Waals surface area (Å²) in [4.78, 5) is 17.9. The van der Waals surface area contributed by atoms with Crippen LogP contribution in [-0.2, 0) is 4.79 Å². The van der Waals surface area contributed by atoms with E-state index in [9.17, 15) is 4.79 Å². The molecule has 0 unspecified atom stereocenters. The van der Waals surface area contributed by atoms with Crippen molar-refractivity contribution in [1.29, 1.82) is 0 Å². The number of carbonyl (C=O) groups excluding carboxylic acids is 1. The number of hydrogen-bond acceptors (Lipinski definition) is 2. The third kappa shape index (κ3) is 3.65. The first kappa shape index (κ1) is 16.9. The molecule has 0 spiro atoms. The fraction of sp³-hybridized carbons (Fsp3) is 0.318. The number of amides is 1. The van der Waals surface area contributed by atoms with Gasteiger partial charge in [0.15, 0.2) is 0 Å². The minimum atomic E-state index is 0.0689. The zero-order valence-corrected chi connectivity index (χ0v) is 15.2. The molecule has 4 rings (SSSR count). The van der Waals surface area contributed by atoms with Gasteiger partial charge < -0.3 is 10.3 Å². The van der Waals surface area contributed by atoms with E-state index in [-0.39, 0.29) is 5.91 Å². The SMILES string of the molecule is Cc1ccc(NC(=O)CN2CCC(c3c[nH]c4ccccc34)CC2)cc1. The number of piperidine rings is 1. The summed E-state index contributed by atoms with van der Waals surface area (Å²) in [5.41, 5.74) is 4.70. The van der Waals surface area contributed by atoms with Crippen molar-refractivity contribution in [3.8, 4) is 0 Å². The number of hydrogen-bond donors (Lipinski definition) is 2. The highest BCUT2D eigenvalue weighted by Gasteiger charge is 2.23. The fourth-order valence-electron chi connectivity index (χ4n) is 3.87.